The van der Waals surface area contributed by atoms with Crippen molar-refractivity contribution in [3.63, 3.8) is 0 Å². The number of rotatable bonds is 4. The highest BCUT2D eigenvalue weighted by Crippen LogP contribution is 2.34. The van der Waals surface area contributed by atoms with Crippen molar-refractivity contribution in [2.45, 2.75) is 13.8 Å². The molecular formula is C19H15N5O2. The highest BCUT2D eigenvalue weighted by atomic mass is 16.5. The third-order valence-electron chi connectivity index (χ3n) is 4.11. The number of nitrogens with one attached hydrogen (secondary N) is 1. The van der Waals surface area contributed by atoms with E-state index in [1.165, 1.54) is 0 Å². The van der Waals surface area contributed by atoms with Crippen LogP contribution in [-0.2, 0) is 0 Å². The molecule has 0 spiro atoms. The third-order valence-corrected chi connectivity index (χ3v) is 4.11. The first kappa shape index (κ1) is 15.9. The van der Waals surface area contributed by atoms with Crippen LogP contribution in [0.3, 0.4) is 0 Å². The molecule has 0 aliphatic heterocycles. The van der Waals surface area contributed by atoms with Crippen LogP contribution in [0.1, 0.15) is 27.2 Å². The Labute approximate surface area is 149 Å². The van der Waals surface area contributed by atoms with Gasteiger partial charge in [0.05, 0.1) is 5.56 Å². The topological polar surface area (TPSA) is 97.6 Å². The van der Waals surface area contributed by atoms with E-state index in [-0.39, 0.29) is 17.4 Å². The number of aromatic nitrogens is 5. The van der Waals surface area contributed by atoms with Crippen molar-refractivity contribution in [1.82, 2.24) is 25.8 Å². The van der Waals surface area contributed by atoms with E-state index in [1.807, 2.05) is 50.2 Å². The van der Waals surface area contributed by atoms with Crippen molar-refractivity contribution in [2.75, 3.05) is 0 Å². The van der Waals surface area contributed by atoms with Crippen LogP contribution in [0.15, 0.2) is 53.1 Å². The van der Waals surface area contributed by atoms with E-state index in [0.29, 0.717) is 16.8 Å². The summed E-state index contributed by atoms with van der Waals surface area (Å²) in [6, 6.07) is 15.1. The van der Waals surface area contributed by atoms with Gasteiger partial charge in [0, 0.05) is 5.56 Å². The van der Waals surface area contributed by atoms with E-state index in [4.69, 9.17) is 4.52 Å². The number of carbonyl (C=O) groups is 1. The number of benzene rings is 2. The van der Waals surface area contributed by atoms with Gasteiger partial charge in [-0.2, -0.15) is 5.21 Å². The zero-order chi connectivity index (χ0) is 18.1. The van der Waals surface area contributed by atoms with Crippen molar-refractivity contribution < 1.29 is 9.32 Å². The van der Waals surface area contributed by atoms with Crippen molar-refractivity contribution in [2.24, 2.45) is 0 Å². The highest BCUT2D eigenvalue weighted by molar-refractivity contribution is 6.12. The van der Waals surface area contributed by atoms with Crippen LogP contribution in [0.5, 0.6) is 0 Å². The van der Waals surface area contributed by atoms with Crippen LogP contribution in [0.4, 0.5) is 0 Å². The molecule has 26 heavy (non-hydrogen) atoms. The summed E-state index contributed by atoms with van der Waals surface area (Å²) in [6.45, 7) is 3.96. The van der Waals surface area contributed by atoms with Gasteiger partial charge in [0.25, 0.3) is 0 Å². The van der Waals surface area contributed by atoms with Crippen LogP contribution in [0.25, 0.3) is 22.6 Å². The van der Waals surface area contributed by atoms with Crippen LogP contribution in [0, 0.1) is 13.8 Å². The van der Waals surface area contributed by atoms with Crippen LogP contribution >= 0.6 is 0 Å². The number of aryl methyl sites for hydroxylation is 2. The summed E-state index contributed by atoms with van der Waals surface area (Å²) in [5, 5.41) is 17.9. The molecular weight excluding hydrogens is 330 g/mol. The first-order valence-corrected chi connectivity index (χ1v) is 8.05. The second kappa shape index (κ2) is 6.36. The monoisotopic (exact) mass is 345 g/mol. The van der Waals surface area contributed by atoms with Gasteiger partial charge in [-0.15, -0.1) is 10.2 Å². The predicted octanol–water partition coefficient (Wildman–Crippen LogP) is 3.37. The average molecular weight is 345 g/mol. The number of carbonyl (C=O) groups excluding carboxylic acids is 1. The van der Waals surface area contributed by atoms with Gasteiger partial charge in [-0.3, -0.25) is 4.79 Å². The molecule has 128 valence electrons. The first-order valence-electron chi connectivity index (χ1n) is 8.05. The largest absolute Gasteiger partial charge is 0.351 e. The number of H-pyrrole nitrogens is 1. The van der Waals surface area contributed by atoms with Gasteiger partial charge < -0.3 is 4.52 Å². The summed E-state index contributed by atoms with van der Waals surface area (Å²) in [5.74, 6) is 0.174. The van der Waals surface area contributed by atoms with Gasteiger partial charge in [0.1, 0.15) is 0 Å². The minimum Gasteiger partial charge on any atom is -0.351 e. The summed E-state index contributed by atoms with van der Waals surface area (Å²) in [4.78, 5) is 13.0. The highest BCUT2D eigenvalue weighted by Gasteiger charge is 2.27. The Hall–Kier alpha value is -3.61. The number of hydrogen-bond acceptors (Lipinski definition) is 6. The van der Waals surface area contributed by atoms with Gasteiger partial charge in [0.15, 0.2) is 5.69 Å². The van der Waals surface area contributed by atoms with E-state index in [1.54, 1.807) is 12.1 Å². The SMILES string of the molecule is Cc1ccc(C(=O)c2onc(-c3nn[nH]n3)c2-c2ccc(C)cc2)cc1. The fourth-order valence-electron chi connectivity index (χ4n) is 2.68. The zero-order valence-corrected chi connectivity index (χ0v) is 14.2. The molecule has 0 atom stereocenters. The minimum atomic E-state index is -0.247. The van der Waals surface area contributed by atoms with Gasteiger partial charge >= 0.3 is 0 Å². The first-order chi connectivity index (χ1) is 12.6. The molecule has 0 amide bonds. The molecule has 2 heterocycles. The molecule has 4 rings (SSSR count). The Morgan fingerprint density at radius 1 is 0.962 bits per heavy atom. The Morgan fingerprint density at radius 3 is 2.23 bits per heavy atom. The fourth-order valence-corrected chi connectivity index (χ4v) is 2.68. The molecule has 7 heteroatoms. The number of hydrogen-bond donors (Lipinski definition) is 1. The van der Waals surface area contributed by atoms with Gasteiger partial charge in [-0.25, -0.2) is 0 Å². The van der Waals surface area contributed by atoms with Crippen molar-refractivity contribution >= 4 is 5.78 Å². The molecule has 2 aromatic heterocycles. The van der Waals surface area contributed by atoms with E-state index in [9.17, 15) is 4.79 Å². The summed E-state index contributed by atoms with van der Waals surface area (Å²) < 4.78 is 5.43. The van der Waals surface area contributed by atoms with Crippen molar-refractivity contribution in [1.29, 1.82) is 0 Å². The Bertz CT molecular complexity index is 1050. The minimum absolute atomic E-state index is 0.150. The molecule has 7 nitrogen and oxygen atoms in total. The summed E-state index contributed by atoms with van der Waals surface area (Å²) in [7, 11) is 0. The lowest BCUT2D eigenvalue weighted by molar-refractivity contribution is 0.100. The zero-order valence-electron chi connectivity index (χ0n) is 14.2. The smallest absolute Gasteiger partial charge is 0.231 e. The Morgan fingerprint density at radius 2 is 1.62 bits per heavy atom. The molecule has 0 unspecified atom stereocenters. The standard InChI is InChI=1S/C19H15N5O2/c1-11-3-7-13(8-4-11)15-16(19-20-23-24-21-19)22-26-18(15)17(25)14-9-5-12(2)6-10-14/h3-10H,1-2H3,(H,20,21,23,24). The summed E-state index contributed by atoms with van der Waals surface area (Å²) in [5.41, 5.74) is 4.44. The normalized spacial score (nSPS) is 10.8. The number of nitrogens with zero attached hydrogens (tertiary/aromatic N) is 4. The van der Waals surface area contributed by atoms with E-state index >= 15 is 0 Å². The van der Waals surface area contributed by atoms with Gasteiger partial charge in [0.2, 0.25) is 17.4 Å². The predicted molar refractivity (Wildman–Crippen MR) is 94.5 cm³/mol. The van der Waals surface area contributed by atoms with Crippen molar-refractivity contribution in [3.05, 3.63) is 71.0 Å². The van der Waals surface area contributed by atoms with E-state index < -0.39 is 0 Å². The van der Waals surface area contributed by atoms with Gasteiger partial charge in [-0.1, -0.05) is 64.8 Å². The maximum atomic E-state index is 13.0. The average Bonchev–Trinajstić information content (AvgIpc) is 3.32. The molecule has 0 radical (unpaired) electrons. The lowest BCUT2D eigenvalue weighted by atomic mass is 9.97. The second-order valence-electron chi connectivity index (χ2n) is 6.03. The van der Waals surface area contributed by atoms with Crippen LogP contribution in [-0.4, -0.2) is 31.6 Å². The molecule has 0 saturated carbocycles. The number of aromatic amines is 1. The fraction of sp³-hybridized carbons (Fsp3) is 0.105. The van der Waals surface area contributed by atoms with Crippen molar-refractivity contribution in [3.8, 4) is 22.6 Å². The maximum absolute atomic E-state index is 13.0. The number of tetrazole rings is 1. The number of ketones is 1. The van der Waals surface area contributed by atoms with Gasteiger partial charge in [-0.05, 0) is 24.6 Å². The van der Waals surface area contributed by atoms with Crippen LogP contribution in [0.2, 0.25) is 0 Å². The Balaban J connectivity index is 1.88. The lowest BCUT2D eigenvalue weighted by Gasteiger charge is -2.04. The molecule has 0 fully saturated rings. The van der Waals surface area contributed by atoms with E-state index in [0.717, 1.165) is 16.7 Å². The molecule has 1 N–H and O–H groups in total. The third kappa shape index (κ3) is 2.79. The van der Waals surface area contributed by atoms with E-state index in [2.05, 4.69) is 25.8 Å². The molecule has 0 aliphatic rings. The molecule has 4 aromatic rings. The summed E-state index contributed by atoms with van der Waals surface area (Å²) in [6.07, 6.45) is 0. The lowest BCUT2D eigenvalue weighted by Crippen LogP contribution is -2.02. The summed E-state index contributed by atoms with van der Waals surface area (Å²) >= 11 is 0. The quantitative estimate of drug-likeness (QED) is 0.570. The molecule has 0 bridgehead atoms. The second-order valence-corrected chi connectivity index (χ2v) is 6.03. The Kier molecular flexibility index (Phi) is 3.89. The van der Waals surface area contributed by atoms with Crippen LogP contribution < -0.4 is 0 Å². The molecule has 0 saturated heterocycles. The molecule has 2 aromatic carbocycles. The maximum Gasteiger partial charge on any atom is 0.231 e. The molecule has 0 aliphatic carbocycles.